The molecule has 3 rings (SSSR count). The number of urea groups is 1. The first-order valence-corrected chi connectivity index (χ1v) is 9.36. The minimum Gasteiger partial charge on any atom is -0.490 e. The lowest BCUT2D eigenvalue weighted by atomic mass is 9.82. The molecule has 8 heteroatoms. The van der Waals surface area contributed by atoms with Crippen molar-refractivity contribution < 1.29 is 23.9 Å². The van der Waals surface area contributed by atoms with Gasteiger partial charge in [-0.1, -0.05) is 38.3 Å². The van der Waals surface area contributed by atoms with Crippen LogP contribution in [0, 0.1) is 0 Å². The van der Waals surface area contributed by atoms with Crippen LogP contribution in [0.25, 0.3) is 0 Å². The highest BCUT2D eigenvalue weighted by Gasteiger charge is 2.52. The molecule has 2 fully saturated rings. The van der Waals surface area contributed by atoms with Crippen LogP contribution >= 0.6 is 0 Å². The minimum atomic E-state index is -0.871. The number of imide groups is 1. The van der Waals surface area contributed by atoms with Crippen LogP contribution in [0.15, 0.2) is 24.3 Å². The molecule has 0 bridgehead atoms. The number of hydrazine groups is 1. The summed E-state index contributed by atoms with van der Waals surface area (Å²) in [5.74, 6) is -0.00534. The second-order valence-corrected chi connectivity index (χ2v) is 6.83. The number of nitrogens with zero attached hydrogens (tertiary/aromatic N) is 1. The predicted molar refractivity (Wildman–Crippen MR) is 97.1 cm³/mol. The van der Waals surface area contributed by atoms with E-state index in [9.17, 15) is 14.4 Å². The van der Waals surface area contributed by atoms with Gasteiger partial charge < -0.3 is 14.8 Å². The van der Waals surface area contributed by atoms with Crippen molar-refractivity contribution in [3.05, 3.63) is 24.3 Å². The molecule has 1 aliphatic heterocycles. The van der Waals surface area contributed by atoms with Crippen LogP contribution in [-0.4, -0.2) is 41.6 Å². The first kappa shape index (κ1) is 19.0. The van der Waals surface area contributed by atoms with Gasteiger partial charge in [0.05, 0.1) is 6.61 Å². The summed E-state index contributed by atoms with van der Waals surface area (Å²) in [7, 11) is 0. The van der Waals surface area contributed by atoms with Crippen molar-refractivity contribution in [2.75, 3.05) is 13.2 Å². The molecule has 0 unspecified atom stereocenters. The van der Waals surface area contributed by atoms with Crippen LogP contribution in [0.5, 0.6) is 11.5 Å². The highest BCUT2D eigenvalue weighted by atomic mass is 16.5. The van der Waals surface area contributed by atoms with E-state index < -0.39 is 23.4 Å². The van der Waals surface area contributed by atoms with Crippen LogP contribution < -0.4 is 20.2 Å². The van der Waals surface area contributed by atoms with Crippen LogP contribution in [-0.2, 0) is 9.59 Å². The quantitative estimate of drug-likeness (QED) is 0.712. The third-order valence-corrected chi connectivity index (χ3v) is 4.78. The van der Waals surface area contributed by atoms with Gasteiger partial charge in [0.15, 0.2) is 18.1 Å². The Bertz CT molecular complexity index is 715. The van der Waals surface area contributed by atoms with Gasteiger partial charge in [0, 0.05) is 0 Å². The maximum atomic E-state index is 12.6. The molecule has 1 aromatic carbocycles. The van der Waals surface area contributed by atoms with Crippen molar-refractivity contribution in [2.24, 2.45) is 0 Å². The average molecular weight is 375 g/mol. The number of para-hydroxylation sites is 2. The van der Waals surface area contributed by atoms with E-state index in [1.54, 1.807) is 18.2 Å². The van der Waals surface area contributed by atoms with E-state index in [0.717, 1.165) is 30.7 Å². The second-order valence-electron chi connectivity index (χ2n) is 6.83. The molecule has 0 atom stereocenters. The standard InChI is InChI=1S/C19H25N3O5/c1-2-12-26-14-8-4-5-9-15(14)27-13-16(23)21-22-17(24)19(20-18(22)25)10-6-3-7-11-19/h4-5,8-9H,2-3,6-7,10-13H2,1H3,(H,20,25)(H,21,23). The van der Waals surface area contributed by atoms with Crippen LogP contribution in [0.2, 0.25) is 0 Å². The molecule has 1 saturated heterocycles. The van der Waals surface area contributed by atoms with Gasteiger partial charge in [0.1, 0.15) is 5.54 Å². The lowest BCUT2D eigenvalue weighted by molar-refractivity contribution is -0.140. The summed E-state index contributed by atoms with van der Waals surface area (Å²) in [6, 6.07) is 6.45. The number of ether oxygens (including phenoxy) is 2. The molecule has 4 amide bonds. The fourth-order valence-corrected chi connectivity index (χ4v) is 3.42. The number of rotatable bonds is 7. The molecular formula is C19H25N3O5. The van der Waals surface area contributed by atoms with Crippen LogP contribution in [0.3, 0.4) is 0 Å². The van der Waals surface area contributed by atoms with E-state index in [2.05, 4.69) is 10.7 Å². The van der Waals surface area contributed by atoms with E-state index in [1.807, 2.05) is 13.0 Å². The van der Waals surface area contributed by atoms with Gasteiger partial charge >= 0.3 is 6.03 Å². The smallest absolute Gasteiger partial charge is 0.344 e. The summed E-state index contributed by atoms with van der Waals surface area (Å²) in [4.78, 5) is 37.0. The van der Waals surface area contributed by atoms with Crippen molar-refractivity contribution >= 4 is 17.8 Å². The first-order valence-electron chi connectivity index (χ1n) is 9.36. The molecule has 27 heavy (non-hydrogen) atoms. The Labute approximate surface area is 158 Å². The largest absolute Gasteiger partial charge is 0.490 e. The fraction of sp³-hybridized carbons (Fsp3) is 0.526. The van der Waals surface area contributed by atoms with Gasteiger partial charge in [-0.2, -0.15) is 5.01 Å². The third kappa shape index (κ3) is 4.15. The first-order chi connectivity index (χ1) is 13.1. The fourth-order valence-electron chi connectivity index (χ4n) is 3.42. The van der Waals surface area contributed by atoms with Crippen LogP contribution in [0.4, 0.5) is 4.79 Å². The highest BCUT2D eigenvalue weighted by molar-refractivity contribution is 6.08. The average Bonchev–Trinajstić information content (AvgIpc) is 2.90. The number of hydrogen-bond donors (Lipinski definition) is 2. The van der Waals surface area contributed by atoms with Crippen molar-refractivity contribution in [3.8, 4) is 11.5 Å². The molecule has 1 spiro atoms. The van der Waals surface area contributed by atoms with Crippen molar-refractivity contribution in [1.82, 2.24) is 15.8 Å². The lowest BCUT2D eigenvalue weighted by Gasteiger charge is -2.30. The minimum absolute atomic E-state index is 0.337. The van der Waals surface area contributed by atoms with E-state index in [1.165, 1.54) is 0 Å². The number of amides is 4. The molecule has 1 aliphatic carbocycles. The topological polar surface area (TPSA) is 97.0 Å². The number of benzene rings is 1. The normalized spacial score (nSPS) is 18.3. The maximum Gasteiger partial charge on any atom is 0.344 e. The van der Waals surface area contributed by atoms with Gasteiger partial charge in [-0.05, 0) is 31.4 Å². The molecule has 1 saturated carbocycles. The maximum absolute atomic E-state index is 12.6. The SMILES string of the molecule is CCCOc1ccccc1OCC(=O)NN1C(=O)NC2(CCCCC2)C1=O. The van der Waals surface area contributed by atoms with E-state index in [-0.39, 0.29) is 6.61 Å². The number of hydrogen-bond acceptors (Lipinski definition) is 5. The zero-order valence-electron chi connectivity index (χ0n) is 15.5. The number of carbonyl (C=O) groups excluding carboxylic acids is 3. The second kappa shape index (κ2) is 8.28. The summed E-state index contributed by atoms with van der Waals surface area (Å²) >= 11 is 0. The van der Waals surface area contributed by atoms with Crippen molar-refractivity contribution in [1.29, 1.82) is 0 Å². The number of nitrogens with one attached hydrogen (secondary N) is 2. The predicted octanol–water partition coefficient (Wildman–Crippen LogP) is 2.14. The molecule has 1 heterocycles. The molecule has 1 aromatic rings. The summed E-state index contributed by atoms with van der Waals surface area (Å²) in [6.07, 6.45) is 4.86. The van der Waals surface area contributed by atoms with Gasteiger partial charge in [0.2, 0.25) is 0 Å². The molecule has 2 N–H and O–H groups in total. The Balaban J connectivity index is 1.57. The highest BCUT2D eigenvalue weighted by Crippen LogP contribution is 2.33. The van der Waals surface area contributed by atoms with E-state index in [0.29, 0.717) is 30.9 Å². The molecule has 146 valence electrons. The van der Waals surface area contributed by atoms with Crippen LogP contribution in [0.1, 0.15) is 45.4 Å². The van der Waals surface area contributed by atoms with Gasteiger partial charge in [-0.15, -0.1) is 0 Å². The van der Waals surface area contributed by atoms with Gasteiger partial charge in [-0.25, -0.2) is 4.79 Å². The van der Waals surface area contributed by atoms with Crippen molar-refractivity contribution in [3.63, 3.8) is 0 Å². The third-order valence-electron chi connectivity index (χ3n) is 4.78. The summed E-state index contributed by atoms with van der Waals surface area (Å²) in [6.45, 7) is 2.20. The summed E-state index contributed by atoms with van der Waals surface area (Å²) in [5.41, 5.74) is 1.48. The monoisotopic (exact) mass is 375 g/mol. The molecule has 0 radical (unpaired) electrons. The molecule has 2 aliphatic rings. The van der Waals surface area contributed by atoms with E-state index >= 15 is 0 Å². The van der Waals surface area contributed by atoms with Gasteiger partial charge in [-0.3, -0.25) is 15.0 Å². The molecule has 0 aromatic heterocycles. The Morgan fingerprint density at radius 1 is 1.15 bits per heavy atom. The Morgan fingerprint density at radius 3 is 2.48 bits per heavy atom. The summed E-state index contributed by atoms with van der Waals surface area (Å²) < 4.78 is 11.1. The zero-order valence-corrected chi connectivity index (χ0v) is 15.5. The van der Waals surface area contributed by atoms with Crippen molar-refractivity contribution in [2.45, 2.75) is 51.0 Å². The lowest BCUT2D eigenvalue weighted by Crippen LogP contribution is -2.51. The Hall–Kier alpha value is -2.77. The molecular weight excluding hydrogens is 350 g/mol. The van der Waals surface area contributed by atoms with Gasteiger partial charge in [0.25, 0.3) is 11.8 Å². The molecule has 8 nitrogen and oxygen atoms in total. The Kier molecular flexibility index (Phi) is 5.83. The number of carbonyl (C=O) groups is 3. The summed E-state index contributed by atoms with van der Waals surface area (Å²) in [5, 5.41) is 3.52. The Morgan fingerprint density at radius 2 is 1.81 bits per heavy atom. The van der Waals surface area contributed by atoms with E-state index in [4.69, 9.17) is 9.47 Å². The zero-order chi connectivity index (χ0) is 19.3.